The fourth-order valence-electron chi connectivity index (χ4n) is 3.14. The van der Waals surface area contributed by atoms with Gasteiger partial charge in [0.25, 0.3) is 0 Å². The minimum absolute atomic E-state index is 0.00838. The second kappa shape index (κ2) is 14.3. The lowest BCUT2D eigenvalue weighted by molar-refractivity contribution is -0.116. The molecule has 1 unspecified atom stereocenters. The molecule has 3 rings (SSSR count). The number of benzene rings is 3. The summed E-state index contributed by atoms with van der Waals surface area (Å²) in [4.78, 5) is 11.2. The zero-order valence-corrected chi connectivity index (χ0v) is 20.0. The molecule has 188 valence electrons. The molecule has 0 saturated heterocycles. The minimum atomic E-state index is -0.927. The smallest absolute Gasteiger partial charge is 0.243 e. The van der Waals surface area contributed by atoms with Gasteiger partial charge in [0, 0.05) is 17.7 Å². The van der Waals surface area contributed by atoms with Crippen LogP contribution < -0.4 is 20.2 Å². The third kappa shape index (κ3) is 8.57. The third-order valence-electron chi connectivity index (χ3n) is 5.05. The molecule has 0 aliphatic heterocycles. The van der Waals surface area contributed by atoms with Crippen molar-refractivity contribution in [2.75, 3.05) is 31.8 Å². The summed E-state index contributed by atoms with van der Waals surface area (Å²) >= 11 is 0. The number of nitrogens with zero attached hydrogens (tertiary/aromatic N) is 1. The highest BCUT2D eigenvalue weighted by Crippen LogP contribution is 2.20. The van der Waals surface area contributed by atoms with Gasteiger partial charge in [0.15, 0.2) is 0 Å². The molecule has 1 atom stereocenters. The number of ether oxygens (including phenoxy) is 2. The van der Waals surface area contributed by atoms with Crippen LogP contribution in [0.1, 0.15) is 17.5 Å². The Bertz CT molecular complexity index is 1120. The first-order chi connectivity index (χ1) is 17.6. The number of aliphatic hydroxyl groups is 2. The minimum Gasteiger partial charge on any atom is -0.494 e. The molecule has 0 saturated carbocycles. The lowest BCUT2D eigenvalue weighted by Gasteiger charge is -2.12. The van der Waals surface area contributed by atoms with Crippen LogP contribution in [0.4, 0.5) is 5.69 Å². The van der Waals surface area contributed by atoms with Gasteiger partial charge in [0.2, 0.25) is 5.91 Å². The Balaban J connectivity index is 1.71. The van der Waals surface area contributed by atoms with E-state index in [-0.39, 0.29) is 19.1 Å². The normalized spacial score (nSPS) is 11.9. The van der Waals surface area contributed by atoms with Crippen molar-refractivity contribution >= 4 is 17.3 Å². The fourth-order valence-corrected chi connectivity index (χ4v) is 3.14. The summed E-state index contributed by atoms with van der Waals surface area (Å²) in [6.45, 7) is 4.06. The van der Waals surface area contributed by atoms with Gasteiger partial charge in [0.05, 0.1) is 24.6 Å². The number of nitrogens with one attached hydrogen (secondary N) is 2. The van der Waals surface area contributed by atoms with E-state index in [1.165, 1.54) is 6.08 Å². The van der Waals surface area contributed by atoms with Gasteiger partial charge in [-0.25, -0.2) is 0 Å². The van der Waals surface area contributed by atoms with Crippen LogP contribution in [0.2, 0.25) is 0 Å². The van der Waals surface area contributed by atoms with Crippen molar-refractivity contribution in [2.45, 2.75) is 12.5 Å². The molecule has 36 heavy (non-hydrogen) atoms. The third-order valence-corrected chi connectivity index (χ3v) is 5.05. The van der Waals surface area contributed by atoms with Crippen LogP contribution >= 0.6 is 0 Å². The number of amides is 1. The monoisotopic (exact) mass is 489 g/mol. The predicted octanol–water partition coefficient (Wildman–Crippen LogP) is 3.35. The molecule has 0 fully saturated rings. The van der Waals surface area contributed by atoms with Crippen molar-refractivity contribution in [3.8, 4) is 11.5 Å². The summed E-state index contributed by atoms with van der Waals surface area (Å²) in [5, 5.41) is 25.8. The summed E-state index contributed by atoms with van der Waals surface area (Å²) in [6.07, 6.45) is 0.996. The molecule has 3 aromatic carbocycles. The Morgan fingerprint density at radius 3 is 2.14 bits per heavy atom. The largest absolute Gasteiger partial charge is 0.494 e. The van der Waals surface area contributed by atoms with Gasteiger partial charge in [-0.05, 0) is 73.2 Å². The number of hydrazone groups is 1. The maximum absolute atomic E-state index is 11.2. The maximum atomic E-state index is 11.2. The molecule has 0 heterocycles. The molecule has 0 aliphatic carbocycles. The highest BCUT2D eigenvalue weighted by molar-refractivity contribution is 6.13. The van der Waals surface area contributed by atoms with Gasteiger partial charge < -0.3 is 25.0 Å². The Hall–Kier alpha value is -4.14. The summed E-state index contributed by atoms with van der Waals surface area (Å²) < 4.78 is 11.3. The zero-order chi connectivity index (χ0) is 25.6. The number of para-hydroxylation sites is 1. The zero-order valence-electron chi connectivity index (χ0n) is 20.0. The summed E-state index contributed by atoms with van der Waals surface area (Å²) in [6, 6.07) is 24.6. The van der Waals surface area contributed by atoms with Crippen molar-refractivity contribution < 1.29 is 24.5 Å². The second-order valence-electron chi connectivity index (χ2n) is 7.83. The first kappa shape index (κ1) is 26.5. The van der Waals surface area contributed by atoms with Crippen molar-refractivity contribution in [3.05, 3.63) is 103 Å². The quantitative estimate of drug-likeness (QED) is 0.120. The maximum Gasteiger partial charge on any atom is 0.243 e. The van der Waals surface area contributed by atoms with Gasteiger partial charge in [-0.1, -0.05) is 24.8 Å². The van der Waals surface area contributed by atoms with Crippen molar-refractivity contribution in [2.24, 2.45) is 5.10 Å². The number of rotatable bonds is 14. The Morgan fingerprint density at radius 1 is 0.944 bits per heavy atom. The number of hydrogen-bond acceptors (Lipinski definition) is 7. The standard InChI is InChI=1S/C28H31N3O5/c1-2-27(34)29-17-6-18-35-25-13-9-21(10-14-25)28(31-30-23-7-4-3-5-8-23)22-11-15-26(16-12-22)36-20-24(33)19-32/h2-5,7-16,24,30,32-33H,1,6,17-20H2,(H,29,34)/b31-28+. The van der Waals surface area contributed by atoms with Crippen molar-refractivity contribution in [1.29, 1.82) is 0 Å². The van der Waals surface area contributed by atoms with Gasteiger partial charge in [-0.3, -0.25) is 10.2 Å². The van der Waals surface area contributed by atoms with E-state index in [0.717, 1.165) is 28.3 Å². The van der Waals surface area contributed by atoms with Crippen LogP contribution in [0.5, 0.6) is 11.5 Å². The molecule has 0 spiro atoms. The molecule has 4 N–H and O–H groups in total. The highest BCUT2D eigenvalue weighted by atomic mass is 16.5. The summed E-state index contributed by atoms with van der Waals surface area (Å²) in [5.41, 5.74) is 6.43. The van der Waals surface area contributed by atoms with E-state index in [1.807, 2.05) is 66.7 Å². The van der Waals surface area contributed by atoms with E-state index >= 15 is 0 Å². The first-order valence-electron chi connectivity index (χ1n) is 11.6. The van der Waals surface area contributed by atoms with Gasteiger partial charge >= 0.3 is 0 Å². The molecule has 0 radical (unpaired) electrons. The molecule has 8 nitrogen and oxygen atoms in total. The van der Waals surface area contributed by atoms with Crippen LogP contribution in [0.3, 0.4) is 0 Å². The number of carbonyl (C=O) groups excluding carboxylic acids is 1. The molecule has 0 aromatic heterocycles. The summed E-state index contributed by atoms with van der Waals surface area (Å²) in [5.74, 6) is 1.10. The van der Waals surface area contributed by atoms with E-state index in [1.54, 1.807) is 12.1 Å². The number of carbonyl (C=O) groups is 1. The Kier molecular flexibility index (Phi) is 10.5. The topological polar surface area (TPSA) is 112 Å². The van der Waals surface area contributed by atoms with Gasteiger partial charge in [-0.15, -0.1) is 0 Å². The lowest BCUT2D eigenvalue weighted by Crippen LogP contribution is -2.23. The first-order valence-corrected chi connectivity index (χ1v) is 11.6. The van der Waals surface area contributed by atoms with Crippen molar-refractivity contribution in [1.82, 2.24) is 5.32 Å². The average molecular weight is 490 g/mol. The number of aliphatic hydroxyl groups excluding tert-OH is 2. The van der Waals surface area contributed by atoms with Crippen LogP contribution in [0.15, 0.2) is 96.6 Å². The SMILES string of the molecule is C=CC(=O)NCCCOc1ccc(/C(=N\Nc2ccccc2)c2ccc(OCC(O)CO)cc2)cc1. The Morgan fingerprint density at radius 2 is 1.56 bits per heavy atom. The van der Waals surface area contributed by atoms with E-state index in [2.05, 4.69) is 22.4 Å². The molecule has 1 amide bonds. The molecular formula is C28H31N3O5. The van der Waals surface area contributed by atoms with Crippen LogP contribution in [-0.2, 0) is 4.79 Å². The van der Waals surface area contributed by atoms with Gasteiger partial charge in [-0.2, -0.15) is 5.10 Å². The van der Waals surface area contributed by atoms with E-state index in [0.29, 0.717) is 25.3 Å². The van der Waals surface area contributed by atoms with E-state index in [9.17, 15) is 9.90 Å². The summed E-state index contributed by atoms with van der Waals surface area (Å²) in [7, 11) is 0. The molecule has 0 aliphatic rings. The Labute approximate surface area is 210 Å². The van der Waals surface area contributed by atoms with E-state index in [4.69, 9.17) is 14.6 Å². The molecule has 0 bridgehead atoms. The lowest BCUT2D eigenvalue weighted by atomic mass is 10.0. The van der Waals surface area contributed by atoms with Crippen LogP contribution in [0, 0.1) is 0 Å². The molecule has 8 heteroatoms. The van der Waals surface area contributed by atoms with Gasteiger partial charge in [0.1, 0.15) is 24.2 Å². The highest BCUT2D eigenvalue weighted by Gasteiger charge is 2.10. The number of hydrogen-bond donors (Lipinski definition) is 4. The van der Waals surface area contributed by atoms with E-state index < -0.39 is 6.10 Å². The van der Waals surface area contributed by atoms with Crippen LogP contribution in [-0.4, -0.2) is 54.3 Å². The average Bonchev–Trinajstić information content (AvgIpc) is 2.93. The fraction of sp³-hybridized carbons (Fsp3) is 0.214. The van der Waals surface area contributed by atoms with Crippen LogP contribution in [0.25, 0.3) is 0 Å². The molecular weight excluding hydrogens is 458 g/mol. The predicted molar refractivity (Wildman–Crippen MR) is 140 cm³/mol. The number of anilines is 1. The molecule has 3 aromatic rings. The second-order valence-corrected chi connectivity index (χ2v) is 7.83. The van der Waals surface area contributed by atoms with Crippen molar-refractivity contribution in [3.63, 3.8) is 0 Å².